The zero-order chi connectivity index (χ0) is 15.5. The van der Waals surface area contributed by atoms with Crippen LogP contribution in [-0.4, -0.2) is 42.1 Å². The molecule has 2 heterocycles. The number of nitrogens with one attached hydrogen (secondary N) is 1. The first-order chi connectivity index (χ1) is 9.91. The van der Waals surface area contributed by atoms with Crippen molar-refractivity contribution in [3.05, 3.63) is 30.1 Å². The van der Waals surface area contributed by atoms with Gasteiger partial charge in [0.15, 0.2) is 0 Å². The lowest BCUT2D eigenvalue weighted by molar-refractivity contribution is 0.218. The fourth-order valence-corrected chi connectivity index (χ4v) is 4.09. The standard InChI is InChI=1S/C15H25N3O2S/c1-12(2)21(19,20)18-8-6-15(13(3)11-18)17-10-14-5-4-7-16-9-14/h4-5,7,9,12-13,15,17H,6,8,10-11H2,1-3H3/t13-,15+/m1/s1. The van der Waals surface area contributed by atoms with Gasteiger partial charge >= 0.3 is 0 Å². The van der Waals surface area contributed by atoms with E-state index in [4.69, 9.17) is 0 Å². The SMILES string of the molecule is CC(C)S(=O)(=O)N1CC[C@H](NCc2cccnc2)[C@H](C)C1. The molecule has 1 aromatic heterocycles. The van der Waals surface area contributed by atoms with Crippen LogP contribution in [0.25, 0.3) is 0 Å². The third kappa shape index (κ3) is 4.02. The molecule has 118 valence electrons. The van der Waals surface area contributed by atoms with Gasteiger partial charge in [-0.2, -0.15) is 0 Å². The summed E-state index contributed by atoms with van der Waals surface area (Å²) in [7, 11) is -3.13. The topological polar surface area (TPSA) is 62.3 Å². The maximum Gasteiger partial charge on any atom is 0.216 e. The van der Waals surface area contributed by atoms with Crippen molar-refractivity contribution in [2.75, 3.05) is 13.1 Å². The molecule has 0 amide bonds. The molecule has 1 aliphatic rings. The van der Waals surface area contributed by atoms with Crippen LogP contribution >= 0.6 is 0 Å². The first-order valence-corrected chi connectivity index (χ1v) is 9.03. The summed E-state index contributed by atoms with van der Waals surface area (Å²) >= 11 is 0. The number of hydrogen-bond donors (Lipinski definition) is 1. The van der Waals surface area contributed by atoms with E-state index in [2.05, 4.69) is 17.2 Å². The zero-order valence-corrected chi connectivity index (χ0v) is 13.8. The van der Waals surface area contributed by atoms with E-state index in [0.29, 0.717) is 25.0 Å². The summed E-state index contributed by atoms with van der Waals surface area (Å²) in [6.45, 7) is 7.59. The Labute approximate surface area is 127 Å². The smallest absolute Gasteiger partial charge is 0.216 e. The van der Waals surface area contributed by atoms with E-state index in [-0.39, 0.29) is 5.25 Å². The largest absolute Gasteiger partial charge is 0.310 e. The van der Waals surface area contributed by atoms with Crippen LogP contribution in [0.15, 0.2) is 24.5 Å². The van der Waals surface area contributed by atoms with Gasteiger partial charge in [-0.25, -0.2) is 12.7 Å². The summed E-state index contributed by atoms with van der Waals surface area (Å²) in [6, 6.07) is 4.32. The highest BCUT2D eigenvalue weighted by atomic mass is 32.2. The molecule has 2 atom stereocenters. The summed E-state index contributed by atoms with van der Waals surface area (Å²) in [5.41, 5.74) is 1.15. The Balaban J connectivity index is 1.90. The zero-order valence-electron chi connectivity index (χ0n) is 13.0. The molecule has 0 saturated carbocycles. The molecule has 0 radical (unpaired) electrons. The molecule has 1 fully saturated rings. The summed E-state index contributed by atoms with van der Waals surface area (Å²) in [5, 5.41) is 3.18. The van der Waals surface area contributed by atoms with Crippen LogP contribution in [0.2, 0.25) is 0 Å². The van der Waals surface area contributed by atoms with Crippen molar-refractivity contribution < 1.29 is 8.42 Å². The maximum absolute atomic E-state index is 12.2. The molecule has 6 heteroatoms. The van der Waals surface area contributed by atoms with E-state index in [1.165, 1.54) is 0 Å². The van der Waals surface area contributed by atoms with Gasteiger partial charge in [0.2, 0.25) is 10.0 Å². The molecule has 1 aliphatic heterocycles. The lowest BCUT2D eigenvalue weighted by Crippen LogP contribution is -2.51. The number of piperidine rings is 1. The Bertz CT molecular complexity index is 545. The average Bonchev–Trinajstić information content (AvgIpc) is 2.46. The van der Waals surface area contributed by atoms with Gasteiger partial charge in [0, 0.05) is 38.1 Å². The predicted octanol–water partition coefficient (Wildman–Crippen LogP) is 1.62. The molecule has 2 rings (SSSR count). The highest BCUT2D eigenvalue weighted by molar-refractivity contribution is 7.89. The van der Waals surface area contributed by atoms with Crippen LogP contribution in [0.4, 0.5) is 0 Å². The van der Waals surface area contributed by atoms with Crippen molar-refractivity contribution in [2.24, 2.45) is 5.92 Å². The minimum Gasteiger partial charge on any atom is -0.310 e. The molecule has 1 N–H and O–H groups in total. The number of pyridine rings is 1. The number of rotatable bonds is 5. The molecule has 1 saturated heterocycles. The quantitative estimate of drug-likeness (QED) is 0.897. The van der Waals surface area contributed by atoms with E-state index in [1.54, 1.807) is 24.3 Å². The second kappa shape index (κ2) is 6.85. The Morgan fingerprint density at radius 1 is 1.48 bits per heavy atom. The minimum absolute atomic E-state index is 0.309. The first-order valence-electron chi connectivity index (χ1n) is 7.52. The first kappa shape index (κ1) is 16.4. The van der Waals surface area contributed by atoms with Crippen molar-refractivity contribution in [1.29, 1.82) is 0 Å². The predicted molar refractivity (Wildman–Crippen MR) is 84.3 cm³/mol. The number of nitrogens with zero attached hydrogens (tertiary/aromatic N) is 2. The van der Waals surface area contributed by atoms with Crippen LogP contribution in [0, 0.1) is 5.92 Å². The van der Waals surface area contributed by atoms with Crippen LogP contribution in [0.1, 0.15) is 32.8 Å². The lowest BCUT2D eigenvalue weighted by atomic mass is 9.95. The van der Waals surface area contributed by atoms with E-state index in [1.807, 2.05) is 18.3 Å². The van der Waals surface area contributed by atoms with Gasteiger partial charge in [0.1, 0.15) is 0 Å². The summed E-state index contributed by atoms with van der Waals surface area (Å²) < 4.78 is 26.1. The van der Waals surface area contributed by atoms with Crippen molar-refractivity contribution in [2.45, 2.75) is 45.0 Å². The molecular weight excluding hydrogens is 286 g/mol. The molecule has 0 bridgehead atoms. The summed E-state index contributed by atoms with van der Waals surface area (Å²) in [4.78, 5) is 4.10. The summed E-state index contributed by atoms with van der Waals surface area (Å²) in [6.07, 6.45) is 4.48. The molecule has 0 unspecified atom stereocenters. The maximum atomic E-state index is 12.2. The third-order valence-electron chi connectivity index (χ3n) is 4.11. The van der Waals surface area contributed by atoms with Crippen molar-refractivity contribution in [1.82, 2.24) is 14.6 Å². The van der Waals surface area contributed by atoms with Gasteiger partial charge in [0.05, 0.1) is 5.25 Å². The van der Waals surface area contributed by atoms with Crippen LogP contribution in [0.3, 0.4) is 0 Å². The molecule has 0 spiro atoms. The van der Waals surface area contributed by atoms with Crippen LogP contribution in [-0.2, 0) is 16.6 Å². The number of sulfonamides is 1. The van der Waals surface area contributed by atoms with Crippen molar-refractivity contribution in [3.8, 4) is 0 Å². The molecular formula is C15H25N3O2S. The summed E-state index contributed by atoms with van der Waals surface area (Å²) in [5.74, 6) is 0.309. The number of hydrogen-bond acceptors (Lipinski definition) is 4. The van der Waals surface area contributed by atoms with E-state index < -0.39 is 10.0 Å². The van der Waals surface area contributed by atoms with Crippen LogP contribution < -0.4 is 5.32 Å². The highest BCUT2D eigenvalue weighted by Crippen LogP contribution is 2.21. The normalized spacial score (nSPS) is 24.4. The van der Waals surface area contributed by atoms with Gasteiger partial charge in [-0.05, 0) is 37.8 Å². The van der Waals surface area contributed by atoms with Crippen LogP contribution in [0.5, 0.6) is 0 Å². The monoisotopic (exact) mass is 311 g/mol. The Kier molecular flexibility index (Phi) is 5.35. The van der Waals surface area contributed by atoms with E-state index in [0.717, 1.165) is 18.5 Å². The molecule has 21 heavy (non-hydrogen) atoms. The Morgan fingerprint density at radius 2 is 2.24 bits per heavy atom. The van der Waals surface area contributed by atoms with Gasteiger partial charge in [0.25, 0.3) is 0 Å². The minimum atomic E-state index is -3.13. The molecule has 0 aliphatic carbocycles. The second-order valence-corrected chi connectivity index (χ2v) is 8.56. The highest BCUT2D eigenvalue weighted by Gasteiger charge is 2.33. The van der Waals surface area contributed by atoms with Crippen molar-refractivity contribution in [3.63, 3.8) is 0 Å². The Hall–Kier alpha value is -0.980. The van der Waals surface area contributed by atoms with Crippen molar-refractivity contribution >= 4 is 10.0 Å². The lowest BCUT2D eigenvalue weighted by Gasteiger charge is -2.37. The number of aromatic nitrogens is 1. The van der Waals surface area contributed by atoms with E-state index >= 15 is 0 Å². The van der Waals surface area contributed by atoms with Gasteiger partial charge < -0.3 is 5.32 Å². The Morgan fingerprint density at radius 3 is 2.81 bits per heavy atom. The fraction of sp³-hybridized carbons (Fsp3) is 0.667. The van der Waals surface area contributed by atoms with Gasteiger partial charge in [-0.15, -0.1) is 0 Å². The van der Waals surface area contributed by atoms with E-state index in [9.17, 15) is 8.42 Å². The van der Waals surface area contributed by atoms with Gasteiger partial charge in [-0.1, -0.05) is 13.0 Å². The average molecular weight is 311 g/mol. The molecule has 1 aromatic rings. The van der Waals surface area contributed by atoms with Gasteiger partial charge in [-0.3, -0.25) is 4.98 Å². The third-order valence-corrected chi connectivity index (χ3v) is 6.36. The fourth-order valence-electron chi connectivity index (χ4n) is 2.69. The second-order valence-electron chi connectivity index (χ2n) is 6.07. The molecule has 5 nitrogen and oxygen atoms in total. The molecule has 0 aromatic carbocycles.